The Morgan fingerprint density at radius 1 is 0.689 bits per heavy atom. The van der Waals surface area contributed by atoms with Gasteiger partial charge in [-0.1, -0.05) is 0 Å². The molecule has 0 aliphatic heterocycles. The van der Waals surface area contributed by atoms with Crippen LogP contribution in [0.5, 0.6) is 46.0 Å². The molecule has 11 nitrogen and oxygen atoms in total. The summed E-state index contributed by atoms with van der Waals surface area (Å²) in [4.78, 5) is 18.3. The smallest absolute Gasteiger partial charge is 0.493 e. The molecule has 0 aliphatic carbocycles. The van der Waals surface area contributed by atoms with E-state index in [1.54, 1.807) is 0 Å². The first-order valence-electron chi connectivity index (χ1n) is 12.0. The maximum atomic E-state index is 12.1. The Hall–Kier alpha value is -5.92. The van der Waals surface area contributed by atoms with E-state index in [0.29, 0.717) is 0 Å². The van der Waals surface area contributed by atoms with Gasteiger partial charge in [0.05, 0.1) is 26.6 Å². The molecule has 4 rings (SSSR count). The second kappa shape index (κ2) is 14.5. The highest BCUT2D eigenvalue weighted by Crippen LogP contribution is 2.34. The molecule has 2 aromatic carbocycles. The number of methoxy groups -OCH3 is 2. The molecule has 0 fully saturated rings. The largest absolute Gasteiger partial charge is 0.573 e. The number of aromatic nitrogens is 2. The zero-order chi connectivity index (χ0) is 33.2. The molecule has 2 heterocycles. The Bertz CT molecular complexity index is 1640. The minimum atomic E-state index is -4.78. The van der Waals surface area contributed by atoms with E-state index in [1.165, 1.54) is 56.8 Å². The Labute approximate surface area is 249 Å². The van der Waals surface area contributed by atoms with Crippen molar-refractivity contribution in [3.63, 3.8) is 0 Å². The van der Waals surface area contributed by atoms with Gasteiger partial charge in [0.15, 0.2) is 28.7 Å². The number of carbonyl (C=O) groups is 1. The molecule has 0 radical (unpaired) electrons. The van der Waals surface area contributed by atoms with Crippen molar-refractivity contribution in [3.05, 3.63) is 84.4 Å². The molecule has 0 spiro atoms. The molecule has 45 heavy (non-hydrogen) atoms. The standard InChI is InChI=1S/C14H9F3N2O3.C14H10F3NO5/c1-20-12-6-9(7-18)19-8-13(12)21-10-2-4-11(5-3-10)22-14(15,16)17;1-21-11-6-10(13(19)20)18-7-12(11)22-8-2-4-9(5-3-8)23-14(15,16)17/h2-6,8H,1H3;2-7H,1H3,(H,19,20). The van der Waals surface area contributed by atoms with Crippen LogP contribution in [0.2, 0.25) is 0 Å². The van der Waals surface area contributed by atoms with Crippen molar-refractivity contribution in [2.24, 2.45) is 0 Å². The molecular formula is C28H19F6N3O8. The fourth-order valence-corrected chi connectivity index (χ4v) is 3.17. The number of halogens is 6. The third kappa shape index (κ3) is 10.7. The molecule has 4 aromatic rings. The maximum Gasteiger partial charge on any atom is 0.573 e. The van der Waals surface area contributed by atoms with Crippen LogP contribution in [0.25, 0.3) is 0 Å². The summed E-state index contributed by atoms with van der Waals surface area (Å²) >= 11 is 0. The van der Waals surface area contributed by atoms with Crippen molar-refractivity contribution >= 4 is 5.97 Å². The van der Waals surface area contributed by atoms with Gasteiger partial charge in [0.25, 0.3) is 0 Å². The fraction of sp³-hybridized carbons (Fsp3) is 0.143. The summed E-state index contributed by atoms with van der Waals surface area (Å²) in [5.41, 5.74) is -0.0822. The Kier molecular flexibility index (Phi) is 10.8. The minimum Gasteiger partial charge on any atom is -0.493 e. The number of carboxylic acid groups (broad SMARTS) is 1. The molecule has 2 aromatic heterocycles. The first-order chi connectivity index (χ1) is 21.2. The van der Waals surface area contributed by atoms with Gasteiger partial charge in [-0.05, 0) is 48.5 Å². The van der Waals surface area contributed by atoms with Crippen molar-refractivity contribution in [1.82, 2.24) is 9.97 Å². The lowest BCUT2D eigenvalue weighted by Gasteiger charge is -2.12. The number of pyridine rings is 2. The van der Waals surface area contributed by atoms with Crippen LogP contribution in [0.3, 0.4) is 0 Å². The van der Waals surface area contributed by atoms with Gasteiger partial charge in [0.1, 0.15) is 34.8 Å². The quantitative estimate of drug-likeness (QED) is 0.187. The van der Waals surface area contributed by atoms with Crippen molar-refractivity contribution in [1.29, 1.82) is 5.26 Å². The molecule has 0 unspecified atom stereocenters. The van der Waals surface area contributed by atoms with Crippen LogP contribution in [0.1, 0.15) is 16.2 Å². The maximum absolute atomic E-state index is 12.1. The number of nitrogens with zero attached hydrogens (tertiary/aromatic N) is 3. The predicted octanol–water partition coefficient (Wildman–Crippen LogP) is 7.13. The first-order valence-corrected chi connectivity index (χ1v) is 12.0. The lowest BCUT2D eigenvalue weighted by Crippen LogP contribution is -2.16. The highest BCUT2D eigenvalue weighted by molar-refractivity contribution is 5.86. The highest BCUT2D eigenvalue weighted by atomic mass is 19.4. The number of benzene rings is 2. The number of nitriles is 1. The summed E-state index contributed by atoms with van der Waals surface area (Å²) in [6.07, 6.45) is -7.09. The first kappa shape index (κ1) is 33.6. The van der Waals surface area contributed by atoms with E-state index < -0.39 is 24.4 Å². The van der Waals surface area contributed by atoms with Crippen LogP contribution in [0.4, 0.5) is 26.3 Å². The summed E-state index contributed by atoms with van der Waals surface area (Å²) < 4.78 is 101. The van der Waals surface area contributed by atoms with Crippen molar-refractivity contribution < 1.29 is 64.7 Å². The van der Waals surface area contributed by atoms with Crippen LogP contribution in [0, 0.1) is 11.3 Å². The molecule has 236 valence electrons. The monoisotopic (exact) mass is 639 g/mol. The van der Waals surface area contributed by atoms with E-state index in [1.807, 2.05) is 6.07 Å². The van der Waals surface area contributed by atoms with E-state index in [0.717, 1.165) is 30.5 Å². The minimum absolute atomic E-state index is 0.113. The molecule has 17 heteroatoms. The SMILES string of the molecule is COc1cc(C#N)ncc1Oc1ccc(OC(F)(F)F)cc1.COc1cc(C(=O)O)ncc1Oc1ccc(OC(F)(F)F)cc1. The molecular weight excluding hydrogens is 620 g/mol. The normalized spacial score (nSPS) is 10.8. The lowest BCUT2D eigenvalue weighted by atomic mass is 10.3. The van der Waals surface area contributed by atoms with E-state index in [2.05, 4.69) is 19.4 Å². The van der Waals surface area contributed by atoms with Crippen LogP contribution in [-0.4, -0.2) is 48.0 Å². The van der Waals surface area contributed by atoms with Gasteiger partial charge in [0, 0.05) is 12.1 Å². The molecule has 0 atom stereocenters. The Morgan fingerprint density at radius 2 is 1.09 bits per heavy atom. The molecule has 0 aliphatic rings. The Balaban J connectivity index is 0.000000246. The second-order valence-electron chi connectivity index (χ2n) is 8.10. The van der Waals surface area contributed by atoms with E-state index in [-0.39, 0.29) is 51.6 Å². The number of rotatable bonds is 9. The van der Waals surface area contributed by atoms with Gasteiger partial charge in [-0.25, -0.2) is 14.8 Å². The number of hydrogen-bond donors (Lipinski definition) is 1. The third-order valence-electron chi connectivity index (χ3n) is 5.01. The number of aromatic carboxylic acids is 1. The van der Waals surface area contributed by atoms with E-state index in [4.69, 9.17) is 29.3 Å². The second-order valence-corrected chi connectivity index (χ2v) is 8.10. The van der Waals surface area contributed by atoms with Gasteiger partial charge in [-0.2, -0.15) is 5.26 Å². The number of alkyl halides is 6. The topological polar surface area (TPSA) is 142 Å². The Morgan fingerprint density at radius 3 is 1.47 bits per heavy atom. The fourth-order valence-electron chi connectivity index (χ4n) is 3.17. The van der Waals surface area contributed by atoms with Crippen molar-refractivity contribution in [2.75, 3.05) is 14.2 Å². The van der Waals surface area contributed by atoms with Crippen LogP contribution in [-0.2, 0) is 0 Å². The number of carboxylic acids is 1. The van der Waals surface area contributed by atoms with Gasteiger partial charge in [-0.15, -0.1) is 26.3 Å². The molecule has 0 saturated heterocycles. The van der Waals surface area contributed by atoms with Crippen molar-refractivity contribution in [3.8, 4) is 52.1 Å². The summed E-state index contributed by atoms with van der Waals surface area (Å²) in [7, 11) is 2.71. The van der Waals surface area contributed by atoms with Crippen molar-refractivity contribution in [2.45, 2.75) is 12.7 Å². The summed E-state index contributed by atoms with van der Waals surface area (Å²) in [6, 6.07) is 13.9. The zero-order valence-electron chi connectivity index (χ0n) is 22.8. The van der Waals surface area contributed by atoms with Gasteiger partial charge in [-0.3, -0.25) is 0 Å². The molecule has 1 N–H and O–H groups in total. The molecule has 0 saturated carbocycles. The average Bonchev–Trinajstić information content (AvgIpc) is 2.98. The van der Waals surface area contributed by atoms with E-state index >= 15 is 0 Å². The lowest BCUT2D eigenvalue weighted by molar-refractivity contribution is -0.275. The van der Waals surface area contributed by atoms with Gasteiger partial charge in [0.2, 0.25) is 0 Å². The number of ether oxygens (including phenoxy) is 6. The summed E-state index contributed by atoms with van der Waals surface area (Å²) in [5, 5.41) is 17.6. The van der Waals surface area contributed by atoms with Gasteiger partial charge < -0.3 is 33.5 Å². The summed E-state index contributed by atoms with van der Waals surface area (Å²) in [5.74, 6) is -0.783. The van der Waals surface area contributed by atoms with E-state index in [9.17, 15) is 31.1 Å². The zero-order valence-corrected chi connectivity index (χ0v) is 22.8. The van der Waals surface area contributed by atoms with Crippen LogP contribution in [0.15, 0.2) is 73.1 Å². The number of hydrogen-bond acceptors (Lipinski definition) is 10. The average molecular weight is 639 g/mol. The van der Waals surface area contributed by atoms with Gasteiger partial charge >= 0.3 is 18.7 Å². The molecule has 0 bridgehead atoms. The highest BCUT2D eigenvalue weighted by Gasteiger charge is 2.31. The van der Waals surface area contributed by atoms with Crippen LogP contribution < -0.4 is 28.4 Å². The van der Waals surface area contributed by atoms with Crippen LogP contribution >= 0.6 is 0 Å². The predicted molar refractivity (Wildman–Crippen MR) is 140 cm³/mol. The molecule has 0 amide bonds. The third-order valence-corrected chi connectivity index (χ3v) is 5.01. The summed E-state index contributed by atoms with van der Waals surface area (Å²) in [6.45, 7) is 0.